The van der Waals surface area contributed by atoms with E-state index in [4.69, 9.17) is 9.47 Å². The fraction of sp³-hybridized carbons (Fsp3) is 0.250. The summed E-state index contributed by atoms with van der Waals surface area (Å²) in [7, 11) is -4.11. The van der Waals surface area contributed by atoms with Gasteiger partial charge in [-0.15, -0.1) is 18.3 Å². The molecule has 1 aliphatic rings. The molecule has 0 N–H and O–H groups in total. The van der Waals surface area contributed by atoms with Crippen molar-refractivity contribution >= 4 is 27.8 Å². The lowest BCUT2D eigenvalue weighted by Crippen LogP contribution is -2.39. The summed E-state index contributed by atoms with van der Waals surface area (Å²) in [5.74, 6) is -1.34. The highest BCUT2D eigenvalue weighted by atomic mass is 32.2. The van der Waals surface area contributed by atoms with Gasteiger partial charge in [0.15, 0.2) is 4.90 Å². The number of nitrogens with zero attached hydrogens (tertiary/aromatic N) is 1. The molecule has 0 spiro atoms. The molecule has 2 aromatic carbocycles. The Hall–Kier alpha value is -2.36. The standard InChI is InChI=1S/C20H20FNO5S2/c1-2-11-22-12-15(13-26-19(23)14-28-16-7-4-3-5-8-16)27-18-10-6-9-17(21)20(18)29(22,24)25/h2-10,15H,1,11-14H2. The Morgan fingerprint density at radius 2 is 2.03 bits per heavy atom. The second-order valence-corrected chi connectivity index (χ2v) is 9.13. The molecule has 6 nitrogen and oxygen atoms in total. The zero-order valence-corrected chi connectivity index (χ0v) is 17.1. The first-order chi connectivity index (χ1) is 13.9. The van der Waals surface area contributed by atoms with Crippen molar-refractivity contribution < 1.29 is 27.1 Å². The van der Waals surface area contributed by atoms with Crippen molar-refractivity contribution in [2.24, 2.45) is 0 Å². The van der Waals surface area contributed by atoms with Crippen molar-refractivity contribution in [1.29, 1.82) is 0 Å². The van der Waals surface area contributed by atoms with Crippen LogP contribution in [0.15, 0.2) is 71.0 Å². The number of esters is 1. The van der Waals surface area contributed by atoms with E-state index in [9.17, 15) is 17.6 Å². The van der Waals surface area contributed by atoms with Crippen LogP contribution < -0.4 is 4.74 Å². The highest BCUT2D eigenvalue weighted by molar-refractivity contribution is 8.00. The lowest BCUT2D eigenvalue weighted by atomic mass is 10.3. The summed E-state index contributed by atoms with van der Waals surface area (Å²) in [5, 5.41) is 0. The molecule has 0 saturated heterocycles. The van der Waals surface area contributed by atoms with Gasteiger partial charge in [-0.3, -0.25) is 4.79 Å². The van der Waals surface area contributed by atoms with E-state index in [1.807, 2.05) is 30.3 Å². The minimum Gasteiger partial charge on any atom is -0.484 e. The Labute approximate surface area is 173 Å². The molecule has 0 aliphatic carbocycles. The molecule has 0 amide bonds. The number of thioether (sulfide) groups is 1. The summed E-state index contributed by atoms with van der Waals surface area (Å²) in [4.78, 5) is 12.5. The van der Waals surface area contributed by atoms with Crippen LogP contribution in [0.4, 0.5) is 4.39 Å². The second-order valence-electron chi connectivity index (χ2n) is 6.20. The van der Waals surface area contributed by atoms with Gasteiger partial charge in [-0.2, -0.15) is 4.31 Å². The maximum Gasteiger partial charge on any atom is 0.316 e. The first-order valence-corrected chi connectivity index (χ1v) is 11.2. The Balaban J connectivity index is 1.69. The highest BCUT2D eigenvalue weighted by Gasteiger charge is 2.36. The van der Waals surface area contributed by atoms with E-state index in [-0.39, 0.29) is 31.2 Å². The maximum absolute atomic E-state index is 14.3. The molecule has 0 fully saturated rings. The molecule has 2 aromatic rings. The first-order valence-electron chi connectivity index (χ1n) is 8.81. The van der Waals surface area contributed by atoms with Crippen LogP contribution in [0.1, 0.15) is 0 Å². The monoisotopic (exact) mass is 437 g/mol. The molecular formula is C20H20FNO5S2. The Kier molecular flexibility index (Phi) is 6.94. The third-order valence-electron chi connectivity index (χ3n) is 4.09. The summed E-state index contributed by atoms with van der Waals surface area (Å²) in [6, 6.07) is 13.2. The van der Waals surface area contributed by atoms with Crippen LogP contribution in [-0.2, 0) is 19.6 Å². The topological polar surface area (TPSA) is 72.9 Å². The van der Waals surface area contributed by atoms with E-state index < -0.39 is 32.8 Å². The van der Waals surface area contributed by atoms with E-state index >= 15 is 0 Å². The quantitative estimate of drug-likeness (QED) is 0.377. The number of carbonyl (C=O) groups is 1. The molecule has 1 atom stereocenters. The van der Waals surface area contributed by atoms with Gasteiger partial charge in [-0.1, -0.05) is 30.3 Å². The number of sulfonamides is 1. The van der Waals surface area contributed by atoms with Gasteiger partial charge in [0.05, 0.1) is 12.3 Å². The summed E-state index contributed by atoms with van der Waals surface area (Å²) in [6.45, 7) is 3.28. The maximum atomic E-state index is 14.3. The molecule has 0 radical (unpaired) electrons. The van der Waals surface area contributed by atoms with E-state index in [0.717, 1.165) is 15.3 Å². The number of halogens is 1. The molecule has 1 aliphatic heterocycles. The van der Waals surface area contributed by atoms with E-state index in [1.165, 1.54) is 30.0 Å². The Morgan fingerprint density at radius 3 is 2.76 bits per heavy atom. The molecule has 1 unspecified atom stereocenters. The van der Waals surface area contributed by atoms with Gasteiger partial charge in [-0.25, -0.2) is 12.8 Å². The van der Waals surface area contributed by atoms with Gasteiger partial charge in [0.1, 0.15) is 24.3 Å². The summed E-state index contributed by atoms with van der Waals surface area (Å²) < 4.78 is 51.9. The fourth-order valence-corrected chi connectivity index (χ4v) is 5.12. The number of benzene rings is 2. The SMILES string of the molecule is C=CCN1CC(COC(=O)CSc2ccccc2)Oc2cccc(F)c2S1(=O)=O. The molecule has 9 heteroatoms. The molecule has 154 valence electrons. The normalized spacial score (nSPS) is 18.2. The predicted octanol–water partition coefficient (Wildman–Crippen LogP) is 3.10. The van der Waals surface area contributed by atoms with Crippen LogP contribution in [0.3, 0.4) is 0 Å². The van der Waals surface area contributed by atoms with Gasteiger partial charge in [0.2, 0.25) is 10.0 Å². The fourth-order valence-electron chi connectivity index (χ4n) is 2.79. The van der Waals surface area contributed by atoms with E-state index in [1.54, 1.807) is 0 Å². The van der Waals surface area contributed by atoms with E-state index in [2.05, 4.69) is 6.58 Å². The molecule has 0 saturated carbocycles. The minimum atomic E-state index is -4.11. The smallest absolute Gasteiger partial charge is 0.316 e. The molecular weight excluding hydrogens is 417 g/mol. The predicted molar refractivity (Wildman–Crippen MR) is 108 cm³/mol. The zero-order valence-electron chi connectivity index (χ0n) is 15.5. The van der Waals surface area contributed by atoms with Gasteiger partial charge in [0.25, 0.3) is 0 Å². The third-order valence-corrected chi connectivity index (χ3v) is 6.97. The summed E-state index contributed by atoms with van der Waals surface area (Å²) in [6.07, 6.45) is 0.626. The van der Waals surface area contributed by atoms with E-state index in [0.29, 0.717) is 0 Å². The number of carbonyl (C=O) groups excluding carboxylic acids is 1. The highest BCUT2D eigenvalue weighted by Crippen LogP contribution is 2.33. The molecule has 29 heavy (non-hydrogen) atoms. The minimum absolute atomic E-state index is 0.0201. The molecule has 0 aromatic heterocycles. The first kappa shape index (κ1) is 21.4. The van der Waals surface area contributed by atoms with Crippen molar-refractivity contribution in [3.63, 3.8) is 0 Å². The lowest BCUT2D eigenvalue weighted by molar-refractivity contribution is -0.142. The largest absolute Gasteiger partial charge is 0.484 e. The van der Waals surface area contributed by atoms with Crippen LogP contribution in [0.5, 0.6) is 5.75 Å². The van der Waals surface area contributed by atoms with Crippen LogP contribution >= 0.6 is 11.8 Å². The van der Waals surface area contributed by atoms with Crippen LogP contribution in [0.25, 0.3) is 0 Å². The van der Waals surface area contributed by atoms with Crippen LogP contribution in [0.2, 0.25) is 0 Å². The average molecular weight is 438 g/mol. The lowest BCUT2D eigenvalue weighted by Gasteiger charge is -2.21. The third kappa shape index (κ3) is 5.17. The number of fused-ring (bicyclic) bond motifs is 1. The number of hydrogen-bond acceptors (Lipinski definition) is 6. The van der Waals surface area contributed by atoms with Gasteiger partial charge in [0, 0.05) is 11.4 Å². The molecule has 0 bridgehead atoms. The van der Waals surface area contributed by atoms with Gasteiger partial charge >= 0.3 is 5.97 Å². The molecule has 3 rings (SSSR count). The van der Waals surface area contributed by atoms with Crippen LogP contribution in [-0.4, -0.2) is 50.2 Å². The van der Waals surface area contributed by atoms with Gasteiger partial charge < -0.3 is 9.47 Å². The van der Waals surface area contributed by atoms with Crippen molar-refractivity contribution in [3.8, 4) is 5.75 Å². The second kappa shape index (κ2) is 9.43. The number of rotatable bonds is 7. The summed E-state index contributed by atoms with van der Waals surface area (Å²) >= 11 is 1.33. The molecule has 1 heterocycles. The average Bonchev–Trinajstić information content (AvgIpc) is 2.80. The number of hydrogen-bond donors (Lipinski definition) is 0. The zero-order chi connectivity index (χ0) is 20.9. The number of ether oxygens (including phenoxy) is 2. The van der Waals surface area contributed by atoms with Crippen molar-refractivity contribution in [3.05, 3.63) is 67.0 Å². The van der Waals surface area contributed by atoms with Crippen molar-refractivity contribution in [1.82, 2.24) is 4.31 Å². The Bertz CT molecular complexity index is 982. The van der Waals surface area contributed by atoms with Gasteiger partial charge in [-0.05, 0) is 24.3 Å². The Morgan fingerprint density at radius 1 is 1.28 bits per heavy atom. The van der Waals surface area contributed by atoms with Crippen molar-refractivity contribution in [2.75, 3.05) is 25.4 Å². The summed E-state index contributed by atoms with van der Waals surface area (Å²) in [5.41, 5.74) is 0. The van der Waals surface area contributed by atoms with Crippen LogP contribution in [0, 0.1) is 5.82 Å². The van der Waals surface area contributed by atoms with Crippen molar-refractivity contribution in [2.45, 2.75) is 15.9 Å².